The summed E-state index contributed by atoms with van der Waals surface area (Å²) in [4.78, 5) is 0. The summed E-state index contributed by atoms with van der Waals surface area (Å²) in [5.74, 6) is 0.683. The van der Waals surface area contributed by atoms with Gasteiger partial charge in [0.25, 0.3) is 0 Å². The van der Waals surface area contributed by atoms with Crippen molar-refractivity contribution in [1.29, 1.82) is 0 Å². The number of ether oxygens (including phenoxy) is 2. The highest BCUT2D eigenvalue weighted by molar-refractivity contribution is 5.57. The van der Waals surface area contributed by atoms with Crippen LogP contribution in [0.5, 0.6) is 5.75 Å². The standard InChI is InChI=1S/C11H17NO3/c1-9-3-2-4-10(11(9)12)15-8-7-14-6-5-13/h2-4,13H,5-8,12H2,1H3. The van der Waals surface area contributed by atoms with Gasteiger partial charge in [0, 0.05) is 0 Å². The fraction of sp³-hybridized carbons (Fsp3) is 0.455. The number of hydrogen-bond donors (Lipinski definition) is 2. The van der Waals surface area contributed by atoms with Gasteiger partial charge >= 0.3 is 0 Å². The summed E-state index contributed by atoms with van der Waals surface area (Å²) in [6.45, 7) is 3.20. The van der Waals surface area contributed by atoms with Gasteiger partial charge in [-0.2, -0.15) is 0 Å². The molecule has 1 rings (SSSR count). The zero-order valence-electron chi connectivity index (χ0n) is 8.90. The highest BCUT2D eigenvalue weighted by atomic mass is 16.5. The van der Waals surface area contributed by atoms with Crippen LogP contribution in [0.3, 0.4) is 0 Å². The number of benzene rings is 1. The predicted octanol–water partition coefficient (Wildman–Crippen LogP) is 0.965. The Morgan fingerprint density at radius 2 is 2.07 bits per heavy atom. The maximum Gasteiger partial charge on any atom is 0.142 e. The number of aliphatic hydroxyl groups excluding tert-OH is 1. The zero-order chi connectivity index (χ0) is 11.1. The molecule has 1 aromatic rings. The van der Waals surface area contributed by atoms with Gasteiger partial charge in [-0.25, -0.2) is 0 Å². The Morgan fingerprint density at radius 1 is 1.27 bits per heavy atom. The van der Waals surface area contributed by atoms with Gasteiger partial charge in [0.1, 0.15) is 12.4 Å². The molecule has 0 atom stereocenters. The monoisotopic (exact) mass is 211 g/mol. The summed E-state index contributed by atoms with van der Waals surface area (Å²) in [7, 11) is 0. The molecule has 0 aliphatic heterocycles. The van der Waals surface area contributed by atoms with E-state index in [9.17, 15) is 0 Å². The Bertz CT molecular complexity index is 302. The molecule has 0 saturated carbocycles. The topological polar surface area (TPSA) is 64.7 Å². The van der Waals surface area contributed by atoms with E-state index in [0.29, 0.717) is 31.3 Å². The number of para-hydroxylation sites is 1. The smallest absolute Gasteiger partial charge is 0.142 e. The van der Waals surface area contributed by atoms with Gasteiger partial charge in [0.15, 0.2) is 0 Å². The molecule has 0 aliphatic carbocycles. The van der Waals surface area contributed by atoms with Crippen molar-refractivity contribution in [2.24, 2.45) is 0 Å². The van der Waals surface area contributed by atoms with Crippen LogP contribution in [-0.4, -0.2) is 31.5 Å². The lowest BCUT2D eigenvalue weighted by Crippen LogP contribution is -2.10. The first kappa shape index (κ1) is 11.8. The Kier molecular flexibility index (Phi) is 4.93. The Morgan fingerprint density at radius 3 is 2.80 bits per heavy atom. The second kappa shape index (κ2) is 6.27. The molecule has 3 N–H and O–H groups in total. The van der Waals surface area contributed by atoms with Gasteiger partial charge in [0.05, 0.1) is 25.5 Å². The Hall–Kier alpha value is -1.26. The molecule has 0 heterocycles. The van der Waals surface area contributed by atoms with Crippen LogP contribution in [0.1, 0.15) is 5.56 Å². The van der Waals surface area contributed by atoms with Crippen molar-refractivity contribution in [3.8, 4) is 5.75 Å². The number of hydrogen-bond acceptors (Lipinski definition) is 4. The van der Waals surface area contributed by atoms with E-state index >= 15 is 0 Å². The average Bonchev–Trinajstić information content (AvgIpc) is 2.24. The van der Waals surface area contributed by atoms with Gasteiger partial charge in [-0.1, -0.05) is 12.1 Å². The van der Waals surface area contributed by atoms with Crippen LogP contribution in [-0.2, 0) is 4.74 Å². The van der Waals surface area contributed by atoms with Gasteiger partial charge < -0.3 is 20.3 Å². The SMILES string of the molecule is Cc1cccc(OCCOCCO)c1N. The third-order valence-corrected chi connectivity index (χ3v) is 2.00. The molecule has 0 unspecified atom stereocenters. The van der Waals surface area contributed by atoms with Crippen LogP contribution >= 0.6 is 0 Å². The number of anilines is 1. The Labute approximate surface area is 89.6 Å². The molecular formula is C11H17NO3. The van der Waals surface area contributed by atoms with Gasteiger partial charge in [0.2, 0.25) is 0 Å². The van der Waals surface area contributed by atoms with E-state index in [2.05, 4.69) is 0 Å². The number of aliphatic hydroxyl groups is 1. The van der Waals surface area contributed by atoms with Crippen LogP contribution in [0.25, 0.3) is 0 Å². The number of aryl methyl sites for hydroxylation is 1. The fourth-order valence-corrected chi connectivity index (χ4v) is 1.16. The van der Waals surface area contributed by atoms with E-state index < -0.39 is 0 Å². The molecule has 15 heavy (non-hydrogen) atoms. The van der Waals surface area contributed by atoms with E-state index in [1.165, 1.54) is 0 Å². The number of nitrogens with two attached hydrogens (primary N) is 1. The summed E-state index contributed by atoms with van der Waals surface area (Å²) in [6, 6.07) is 5.66. The minimum absolute atomic E-state index is 0.0343. The number of nitrogen functional groups attached to an aromatic ring is 1. The summed E-state index contributed by atoms with van der Waals surface area (Å²) in [5.41, 5.74) is 7.49. The van der Waals surface area contributed by atoms with Crippen molar-refractivity contribution in [3.63, 3.8) is 0 Å². The molecule has 1 aromatic carbocycles. The van der Waals surface area contributed by atoms with Crippen molar-refractivity contribution in [3.05, 3.63) is 23.8 Å². The van der Waals surface area contributed by atoms with Crippen LogP contribution < -0.4 is 10.5 Å². The second-order valence-corrected chi connectivity index (χ2v) is 3.17. The molecule has 4 heteroatoms. The third-order valence-electron chi connectivity index (χ3n) is 2.00. The molecular weight excluding hydrogens is 194 g/mol. The Balaban J connectivity index is 2.34. The minimum atomic E-state index is 0.0343. The maximum absolute atomic E-state index is 8.48. The molecule has 0 fully saturated rings. The van der Waals surface area contributed by atoms with Gasteiger partial charge in [-0.15, -0.1) is 0 Å². The molecule has 84 valence electrons. The van der Waals surface area contributed by atoms with Gasteiger partial charge in [-0.3, -0.25) is 0 Å². The van der Waals surface area contributed by atoms with E-state index in [4.69, 9.17) is 20.3 Å². The van der Waals surface area contributed by atoms with Crippen molar-refractivity contribution in [2.75, 3.05) is 32.2 Å². The molecule has 0 amide bonds. The first-order valence-electron chi connectivity index (χ1n) is 4.92. The minimum Gasteiger partial charge on any atom is -0.489 e. The van der Waals surface area contributed by atoms with E-state index in [1.54, 1.807) is 0 Å². The lowest BCUT2D eigenvalue weighted by atomic mass is 10.2. The van der Waals surface area contributed by atoms with Crippen molar-refractivity contribution >= 4 is 5.69 Å². The summed E-state index contributed by atoms with van der Waals surface area (Å²) in [6.07, 6.45) is 0. The molecule has 0 aromatic heterocycles. The fourth-order valence-electron chi connectivity index (χ4n) is 1.16. The van der Waals surface area contributed by atoms with E-state index in [-0.39, 0.29) is 6.61 Å². The average molecular weight is 211 g/mol. The molecule has 0 spiro atoms. The third kappa shape index (κ3) is 3.77. The first-order valence-corrected chi connectivity index (χ1v) is 4.92. The summed E-state index contributed by atoms with van der Waals surface area (Å²) >= 11 is 0. The lowest BCUT2D eigenvalue weighted by molar-refractivity contribution is 0.0707. The molecule has 0 radical (unpaired) electrons. The van der Waals surface area contributed by atoms with Crippen molar-refractivity contribution in [1.82, 2.24) is 0 Å². The van der Waals surface area contributed by atoms with Gasteiger partial charge in [-0.05, 0) is 18.6 Å². The summed E-state index contributed by atoms with van der Waals surface area (Å²) in [5, 5.41) is 8.48. The highest BCUT2D eigenvalue weighted by Gasteiger charge is 2.01. The molecule has 0 saturated heterocycles. The molecule has 0 bridgehead atoms. The first-order chi connectivity index (χ1) is 7.25. The largest absolute Gasteiger partial charge is 0.489 e. The quantitative estimate of drug-likeness (QED) is 0.543. The maximum atomic E-state index is 8.48. The van der Waals surface area contributed by atoms with Crippen molar-refractivity contribution in [2.45, 2.75) is 6.92 Å². The molecule has 0 aliphatic rings. The van der Waals surface area contributed by atoms with Crippen LogP contribution in [0.4, 0.5) is 5.69 Å². The summed E-state index contributed by atoms with van der Waals surface area (Å²) < 4.78 is 10.5. The van der Waals surface area contributed by atoms with Crippen LogP contribution in [0, 0.1) is 6.92 Å². The lowest BCUT2D eigenvalue weighted by Gasteiger charge is -2.10. The van der Waals surface area contributed by atoms with E-state index in [0.717, 1.165) is 5.56 Å². The van der Waals surface area contributed by atoms with Crippen molar-refractivity contribution < 1.29 is 14.6 Å². The highest BCUT2D eigenvalue weighted by Crippen LogP contribution is 2.23. The second-order valence-electron chi connectivity index (χ2n) is 3.17. The predicted molar refractivity (Wildman–Crippen MR) is 59.0 cm³/mol. The van der Waals surface area contributed by atoms with Crippen LogP contribution in [0.15, 0.2) is 18.2 Å². The zero-order valence-corrected chi connectivity index (χ0v) is 8.90. The molecule has 4 nitrogen and oxygen atoms in total. The number of rotatable bonds is 6. The van der Waals surface area contributed by atoms with Crippen LogP contribution in [0.2, 0.25) is 0 Å². The van der Waals surface area contributed by atoms with E-state index in [1.807, 2.05) is 25.1 Å². The normalized spacial score (nSPS) is 10.3.